The number of carbonyl (C=O) groups is 1. The molecule has 5 heteroatoms. The van der Waals surface area contributed by atoms with Crippen LogP contribution in [0.15, 0.2) is 18.2 Å². The molecule has 0 atom stereocenters. The zero-order chi connectivity index (χ0) is 10.8. The molecule has 0 fully saturated rings. The van der Waals surface area contributed by atoms with Gasteiger partial charge < -0.3 is 14.8 Å². The average molecular weight is 208 g/mol. The van der Waals surface area contributed by atoms with E-state index in [0.29, 0.717) is 11.5 Å². The lowest BCUT2D eigenvalue weighted by Gasteiger charge is -2.16. The number of hydrogen-bond acceptors (Lipinski definition) is 3. The van der Waals surface area contributed by atoms with Gasteiger partial charge in [-0.15, -0.1) is 0 Å². The van der Waals surface area contributed by atoms with Gasteiger partial charge in [0.2, 0.25) is 6.79 Å². The standard InChI is InChI=1S/C10H12N2O3/c1-11-10(13)12(2)7-3-4-8-9(5-7)15-6-14-8/h3-5H,6H2,1-2H3,(H,11,13). The number of fused-ring (bicyclic) bond motifs is 1. The Morgan fingerprint density at radius 1 is 1.40 bits per heavy atom. The van der Waals surface area contributed by atoms with Crippen LogP contribution in [0.1, 0.15) is 0 Å². The summed E-state index contributed by atoms with van der Waals surface area (Å²) in [7, 11) is 3.28. The van der Waals surface area contributed by atoms with Crippen LogP contribution in [0.4, 0.5) is 10.5 Å². The quantitative estimate of drug-likeness (QED) is 0.754. The molecule has 5 nitrogen and oxygen atoms in total. The molecule has 0 bridgehead atoms. The summed E-state index contributed by atoms with van der Waals surface area (Å²) in [6, 6.07) is 5.20. The first kappa shape index (κ1) is 9.64. The number of carbonyl (C=O) groups excluding carboxylic acids is 1. The Kier molecular flexibility index (Phi) is 2.37. The van der Waals surface area contributed by atoms with E-state index in [9.17, 15) is 4.79 Å². The Balaban J connectivity index is 2.26. The molecule has 0 aliphatic carbocycles. The third-order valence-corrected chi connectivity index (χ3v) is 2.26. The van der Waals surface area contributed by atoms with Gasteiger partial charge in [0.05, 0.1) is 0 Å². The molecule has 0 radical (unpaired) electrons. The van der Waals surface area contributed by atoms with Crippen molar-refractivity contribution in [2.24, 2.45) is 0 Å². The molecule has 1 N–H and O–H groups in total. The second kappa shape index (κ2) is 3.68. The van der Waals surface area contributed by atoms with E-state index in [0.717, 1.165) is 5.69 Å². The van der Waals surface area contributed by atoms with Crippen molar-refractivity contribution in [3.63, 3.8) is 0 Å². The highest BCUT2D eigenvalue weighted by atomic mass is 16.7. The summed E-state index contributed by atoms with van der Waals surface area (Å²) in [6.45, 7) is 0.239. The number of hydrogen-bond donors (Lipinski definition) is 1. The highest BCUT2D eigenvalue weighted by Crippen LogP contribution is 2.35. The molecule has 0 unspecified atom stereocenters. The lowest BCUT2D eigenvalue weighted by Crippen LogP contribution is -2.34. The Morgan fingerprint density at radius 2 is 2.13 bits per heavy atom. The van der Waals surface area contributed by atoms with Gasteiger partial charge in [-0.05, 0) is 12.1 Å². The van der Waals surface area contributed by atoms with E-state index in [1.165, 1.54) is 4.90 Å². The van der Waals surface area contributed by atoms with Crippen molar-refractivity contribution in [1.29, 1.82) is 0 Å². The number of amides is 2. The topological polar surface area (TPSA) is 50.8 Å². The van der Waals surface area contributed by atoms with Crippen LogP contribution in [-0.4, -0.2) is 26.9 Å². The first-order valence-corrected chi connectivity index (χ1v) is 4.57. The van der Waals surface area contributed by atoms with Crippen molar-refractivity contribution in [2.45, 2.75) is 0 Å². The van der Waals surface area contributed by atoms with E-state index in [1.54, 1.807) is 26.2 Å². The zero-order valence-corrected chi connectivity index (χ0v) is 8.61. The van der Waals surface area contributed by atoms with Crippen LogP contribution in [-0.2, 0) is 0 Å². The fourth-order valence-electron chi connectivity index (χ4n) is 1.38. The molecule has 2 amide bonds. The summed E-state index contributed by atoms with van der Waals surface area (Å²) >= 11 is 0. The van der Waals surface area contributed by atoms with Gasteiger partial charge in [-0.1, -0.05) is 0 Å². The zero-order valence-electron chi connectivity index (χ0n) is 8.61. The van der Waals surface area contributed by atoms with Gasteiger partial charge in [0.25, 0.3) is 0 Å². The third-order valence-electron chi connectivity index (χ3n) is 2.26. The predicted molar refractivity (Wildman–Crippen MR) is 55.4 cm³/mol. The van der Waals surface area contributed by atoms with Crippen LogP contribution in [0.5, 0.6) is 11.5 Å². The number of ether oxygens (including phenoxy) is 2. The van der Waals surface area contributed by atoms with Crippen LogP contribution in [0.3, 0.4) is 0 Å². The maximum atomic E-state index is 11.4. The van der Waals surface area contributed by atoms with Crippen LogP contribution in [0.2, 0.25) is 0 Å². The predicted octanol–water partition coefficient (Wildman–Crippen LogP) is 1.19. The van der Waals surface area contributed by atoms with Crippen LogP contribution in [0, 0.1) is 0 Å². The molecule has 1 heterocycles. The fraction of sp³-hybridized carbons (Fsp3) is 0.300. The second-order valence-corrected chi connectivity index (χ2v) is 3.15. The molecule has 1 aliphatic rings. The Hall–Kier alpha value is -1.91. The molecule has 2 rings (SSSR count). The van der Waals surface area contributed by atoms with Gasteiger partial charge in [0.15, 0.2) is 11.5 Å². The normalized spacial score (nSPS) is 12.4. The van der Waals surface area contributed by atoms with Crippen molar-refractivity contribution < 1.29 is 14.3 Å². The summed E-state index contributed by atoms with van der Waals surface area (Å²) in [5, 5.41) is 2.55. The molecule has 0 spiro atoms. The summed E-state index contributed by atoms with van der Waals surface area (Å²) in [6.07, 6.45) is 0. The van der Waals surface area contributed by atoms with Crippen molar-refractivity contribution in [3.05, 3.63) is 18.2 Å². The Labute approximate surface area is 87.6 Å². The monoisotopic (exact) mass is 208 g/mol. The van der Waals surface area contributed by atoms with Crippen LogP contribution >= 0.6 is 0 Å². The molecule has 1 aromatic carbocycles. The third kappa shape index (κ3) is 1.68. The van der Waals surface area contributed by atoms with Crippen LogP contribution < -0.4 is 19.7 Å². The van der Waals surface area contributed by atoms with Gasteiger partial charge in [0.1, 0.15) is 0 Å². The highest BCUT2D eigenvalue weighted by molar-refractivity contribution is 5.91. The van der Waals surface area contributed by atoms with E-state index >= 15 is 0 Å². The highest BCUT2D eigenvalue weighted by Gasteiger charge is 2.16. The Bertz CT molecular complexity index is 392. The fourth-order valence-corrected chi connectivity index (χ4v) is 1.38. The maximum Gasteiger partial charge on any atom is 0.321 e. The number of urea groups is 1. The molecule has 0 aromatic heterocycles. The van der Waals surface area contributed by atoms with E-state index in [4.69, 9.17) is 9.47 Å². The van der Waals surface area contributed by atoms with E-state index in [2.05, 4.69) is 5.32 Å². The smallest absolute Gasteiger partial charge is 0.321 e. The van der Waals surface area contributed by atoms with Gasteiger partial charge >= 0.3 is 6.03 Å². The largest absolute Gasteiger partial charge is 0.454 e. The lowest BCUT2D eigenvalue weighted by molar-refractivity contribution is 0.174. The second-order valence-electron chi connectivity index (χ2n) is 3.15. The average Bonchev–Trinajstić information content (AvgIpc) is 2.73. The minimum Gasteiger partial charge on any atom is -0.454 e. The van der Waals surface area contributed by atoms with Gasteiger partial charge in [0, 0.05) is 25.8 Å². The number of rotatable bonds is 1. The van der Waals surface area contributed by atoms with E-state index in [1.807, 2.05) is 6.07 Å². The number of anilines is 1. The molecule has 0 saturated carbocycles. The van der Waals surface area contributed by atoms with Crippen molar-refractivity contribution in [2.75, 3.05) is 25.8 Å². The molecule has 1 aromatic rings. The molecule has 80 valence electrons. The summed E-state index contributed by atoms with van der Waals surface area (Å²) < 4.78 is 10.4. The molecule has 0 saturated heterocycles. The van der Waals surface area contributed by atoms with Gasteiger partial charge in [-0.3, -0.25) is 4.90 Å². The Morgan fingerprint density at radius 3 is 2.87 bits per heavy atom. The van der Waals surface area contributed by atoms with Crippen molar-refractivity contribution in [3.8, 4) is 11.5 Å². The number of benzene rings is 1. The number of nitrogens with zero attached hydrogens (tertiary/aromatic N) is 1. The molecule has 15 heavy (non-hydrogen) atoms. The molecular formula is C10H12N2O3. The van der Waals surface area contributed by atoms with Gasteiger partial charge in [-0.2, -0.15) is 0 Å². The summed E-state index contributed by atoms with van der Waals surface area (Å²) in [5.74, 6) is 1.38. The maximum absolute atomic E-state index is 11.4. The number of nitrogens with one attached hydrogen (secondary N) is 1. The SMILES string of the molecule is CNC(=O)N(C)c1ccc2c(c1)OCO2. The van der Waals surface area contributed by atoms with Crippen molar-refractivity contribution >= 4 is 11.7 Å². The summed E-state index contributed by atoms with van der Waals surface area (Å²) in [5.41, 5.74) is 0.763. The summed E-state index contributed by atoms with van der Waals surface area (Å²) in [4.78, 5) is 12.9. The molecular weight excluding hydrogens is 196 g/mol. The lowest BCUT2D eigenvalue weighted by atomic mass is 10.2. The van der Waals surface area contributed by atoms with Crippen LogP contribution in [0.25, 0.3) is 0 Å². The minimum absolute atomic E-state index is 0.172. The minimum atomic E-state index is -0.172. The first-order chi connectivity index (χ1) is 7.22. The van der Waals surface area contributed by atoms with Gasteiger partial charge in [-0.25, -0.2) is 4.79 Å². The van der Waals surface area contributed by atoms with E-state index < -0.39 is 0 Å². The molecule has 1 aliphatic heterocycles. The first-order valence-electron chi connectivity index (χ1n) is 4.57. The van der Waals surface area contributed by atoms with E-state index in [-0.39, 0.29) is 12.8 Å². The van der Waals surface area contributed by atoms with Crippen molar-refractivity contribution in [1.82, 2.24) is 5.32 Å².